The van der Waals surface area contributed by atoms with E-state index in [4.69, 9.17) is 4.42 Å². The summed E-state index contributed by atoms with van der Waals surface area (Å²) < 4.78 is 5.16. The van der Waals surface area contributed by atoms with E-state index >= 15 is 0 Å². The van der Waals surface area contributed by atoms with Crippen LogP contribution in [0.15, 0.2) is 53.1 Å². The molecular weight excluding hydrogens is 330 g/mol. The molecule has 138 valence electrons. The van der Waals surface area contributed by atoms with Crippen molar-refractivity contribution in [2.45, 2.75) is 19.4 Å². The largest absolute Gasteiger partial charge is 0.459 e. The lowest BCUT2D eigenvalue weighted by atomic mass is 10.0. The van der Waals surface area contributed by atoms with E-state index in [1.807, 2.05) is 35.2 Å². The van der Waals surface area contributed by atoms with Crippen molar-refractivity contribution < 1.29 is 14.0 Å². The molecule has 2 aromatic rings. The van der Waals surface area contributed by atoms with E-state index < -0.39 is 6.04 Å². The highest BCUT2D eigenvalue weighted by Crippen LogP contribution is 2.10. The number of piperazine rings is 1. The second-order valence-electron chi connectivity index (χ2n) is 6.45. The van der Waals surface area contributed by atoms with Crippen LogP contribution >= 0.6 is 0 Å². The number of likely N-dealkylation sites (N-methyl/N-ethyl adjacent to an activating group) is 1. The molecule has 26 heavy (non-hydrogen) atoms. The third-order valence-electron chi connectivity index (χ3n) is 4.76. The average Bonchev–Trinajstić information content (AvgIpc) is 3.23. The minimum Gasteiger partial charge on any atom is -0.459 e. The standard InChI is InChI=1S/C20H25N3O3/c1-2-22-10-12-23(13-11-22)20(25)17(15-16-7-4-3-5-8-16)21-19(24)18-9-6-14-26-18/h3-9,14,17H,2,10-13,15H2,1H3,(H,21,24). The molecule has 1 fully saturated rings. The predicted octanol–water partition coefficient (Wildman–Crippen LogP) is 1.78. The van der Waals surface area contributed by atoms with Gasteiger partial charge in [-0.05, 0) is 24.2 Å². The molecule has 0 bridgehead atoms. The van der Waals surface area contributed by atoms with Gasteiger partial charge in [0.05, 0.1) is 6.26 Å². The Balaban J connectivity index is 1.71. The first-order chi connectivity index (χ1) is 12.7. The van der Waals surface area contributed by atoms with Crippen molar-refractivity contribution in [1.82, 2.24) is 15.1 Å². The van der Waals surface area contributed by atoms with Crippen LogP contribution in [0.1, 0.15) is 23.0 Å². The first-order valence-electron chi connectivity index (χ1n) is 9.07. The normalized spacial score (nSPS) is 16.3. The number of amides is 2. The van der Waals surface area contributed by atoms with Crippen LogP contribution in [0, 0.1) is 0 Å². The molecule has 6 nitrogen and oxygen atoms in total. The highest BCUT2D eigenvalue weighted by atomic mass is 16.3. The Morgan fingerprint density at radius 2 is 1.81 bits per heavy atom. The van der Waals surface area contributed by atoms with Crippen LogP contribution in [-0.2, 0) is 11.2 Å². The zero-order chi connectivity index (χ0) is 18.4. The zero-order valence-electron chi connectivity index (χ0n) is 15.1. The highest BCUT2D eigenvalue weighted by molar-refractivity contribution is 5.95. The number of carbonyl (C=O) groups is 2. The van der Waals surface area contributed by atoms with Gasteiger partial charge in [0.1, 0.15) is 6.04 Å². The SMILES string of the molecule is CCN1CCN(C(=O)C(Cc2ccccc2)NC(=O)c2ccco2)CC1. The average molecular weight is 355 g/mol. The number of hydrogen-bond acceptors (Lipinski definition) is 4. The second kappa shape index (κ2) is 8.67. The fraction of sp³-hybridized carbons (Fsp3) is 0.400. The van der Waals surface area contributed by atoms with E-state index in [1.165, 1.54) is 6.26 Å². The van der Waals surface area contributed by atoms with E-state index in [9.17, 15) is 9.59 Å². The van der Waals surface area contributed by atoms with Crippen molar-refractivity contribution in [2.24, 2.45) is 0 Å². The quantitative estimate of drug-likeness (QED) is 0.858. The van der Waals surface area contributed by atoms with Crippen molar-refractivity contribution in [2.75, 3.05) is 32.7 Å². The van der Waals surface area contributed by atoms with Crippen molar-refractivity contribution in [1.29, 1.82) is 0 Å². The van der Waals surface area contributed by atoms with Gasteiger partial charge in [0, 0.05) is 32.6 Å². The second-order valence-corrected chi connectivity index (χ2v) is 6.45. The summed E-state index contributed by atoms with van der Waals surface area (Å²) in [4.78, 5) is 29.6. The number of nitrogens with zero attached hydrogens (tertiary/aromatic N) is 2. The Morgan fingerprint density at radius 3 is 2.42 bits per heavy atom. The molecule has 2 amide bonds. The van der Waals surface area contributed by atoms with Crippen LogP contribution in [0.5, 0.6) is 0 Å². The molecule has 1 aromatic heterocycles. The van der Waals surface area contributed by atoms with E-state index in [1.54, 1.807) is 12.1 Å². The molecule has 1 aliphatic heterocycles. The molecule has 1 unspecified atom stereocenters. The summed E-state index contributed by atoms with van der Waals surface area (Å²) >= 11 is 0. The van der Waals surface area contributed by atoms with Gasteiger partial charge in [-0.25, -0.2) is 0 Å². The number of hydrogen-bond donors (Lipinski definition) is 1. The van der Waals surface area contributed by atoms with Crippen molar-refractivity contribution in [3.63, 3.8) is 0 Å². The Kier molecular flexibility index (Phi) is 6.07. The van der Waals surface area contributed by atoms with Crippen LogP contribution in [0.2, 0.25) is 0 Å². The molecule has 1 saturated heterocycles. The first-order valence-corrected chi connectivity index (χ1v) is 9.07. The topological polar surface area (TPSA) is 65.8 Å². The van der Waals surface area contributed by atoms with E-state index in [0.29, 0.717) is 19.5 Å². The summed E-state index contributed by atoms with van der Waals surface area (Å²) in [5.41, 5.74) is 1.01. The van der Waals surface area contributed by atoms with E-state index in [0.717, 1.165) is 25.2 Å². The molecule has 0 radical (unpaired) electrons. The number of rotatable bonds is 6. The van der Waals surface area contributed by atoms with E-state index in [2.05, 4.69) is 17.1 Å². The summed E-state index contributed by atoms with van der Waals surface area (Å²) in [6.45, 7) is 6.23. The van der Waals surface area contributed by atoms with Gasteiger partial charge in [-0.2, -0.15) is 0 Å². The highest BCUT2D eigenvalue weighted by Gasteiger charge is 2.29. The van der Waals surface area contributed by atoms with Gasteiger partial charge < -0.3 is 19.5 Å². The molecule has 6 heteroatoms. The summed E-state index contributed by atoms with van der Waals surface area (Å²) in [5, 5.41) is 2.85. The lowest BCUT2D eigenvalue weighted by Gasteiger charge is -2.36. The minimum atomic E-state index is -0.608. The summed E-state index contributed by atoms with van der Waals surface area (Å²) in [7, 11) is 0. The molecule has 0 saturated carbocycles. The van der Waals surface area contributed by atoms with Crippen LogP contribution in [0.4, 0.5) is 0 Å². The lowest BCUT2D eigenvalue weighted by Crippen LogP contribution is -2.55. The first kappa shape index (κ1) is 18.2. The third kappa shape index (κ3) is 4.52. The van der Waals surface area contributed by atoms with Crippen LogP contribution in [0.3, 0.4) is 0 Å². The van der Waals surface area contributed by atoms with Crippen LogP contribution < -0.4 is 5.32 Å². The maximum atomic E-state index is 13.1. The Bertz CT molecular complexity index is 707. The van der Waals surface area contributed by atoms with Crippen molar-refractivity contribution >= 4 is 11.8 Å². The van der Waals surface area contributed by atoms with Crippen LogP contribution in [-0.4, -0.2) is 60.4 Å². The molecule has 1 atom stereocenters. The summed E-state index contributed by atoms with van der Waals surface area (Å²) in [5.74, 6) is -0.187. The molecule has 3 rings (SSSR count). The molecule has 1 N–H and O–H groups in total. The number of carbonyl (C=O) groups excluding carboxylic acids is 2. The zero-order valence-corrected chi connectivity index (χ0v) is 15.1. The van der Waals surface area contributed by atoms with Gasteiger partial charge in [-0.3, -0.25) is 9.59 Å². The van der Waals surface area contributed by atoms with Crippen molar-refractivity contribution in [3.05, 3.63) is 60.1 Å². The summed E-state index contributed by atoms with van der Waals surface area (Å²) in [6, 6.07) is 12.4. The maximum absolute atomic E-state index is 13.1. The molecule has 0 aliphatic carbocycles. The Morgan fingerprint density at radius 1 is 1.08 bits per heavy atom. The Hall–Kier alpha value is -2.60. The van der Waals surface area contributed by atoms with Gasteiger partial charge in [0.25, 0.3) is 5.91 Å². The van der Waals surface area contributed by atoms with Crippen molar-refractivity contribution in [3.8, 4) is 0 Å². The minimum absolute atomic E-state index is 0.0375. The fourth-order valence-electron chi connectivity index (χ4n) is 3.19. The van der Waals surface area contributed by atoms with Crippen LogP contribution in [0.25, 0.3) is 0 Å². The molecule has 2 heterocycles. The number of benzene rings is 1. The smallest absolute Gasteiger partial charge is 0.287 e. The molecular formula is C20H25N3O3. The fourth-order valence-corrected chi connectivity index (χ4v) is 3.19. The maximum Gasteiger partial charge on any atom is 0.287 e. The third-order valence-corrected chi connectivity index (χ3v) is 4.76. The lowest BCUT2D eigenvalue weighted by molar-refractivity contribution is -0.135. The molecule has 1 aromatic carbocycles. The summed E-state index contributed by atoms with van der Waals surface area (Å²) in [6.07, 6.45) is 1.91. The number of nitrogens with one attached hydrogen (secondary N) is 1. The van der Waals surface area contributed by atoms with Gasteiger partial charge in [0.2, 0.25) is 5.91 Å². The molecule has 0 spiro atoms. The van der Waals surface area contributed by atoms with Gasteiger partial charge in [-0.1, -0.05) is 37.3 Å². The Labute approximate surface area is 153 Å². The van der Waals surface area contributed by atoms with E-state index in [-0.39, 0.29) is 17.6 Å². The van der Waals surface area contributed by atoms with Gasteiger partial charge in [0.15, 0.2) is 5.76 Å². The number of furan rings is 1. The van der Waals surface area contributed by atoms with Gasteiger partial charge >= 0.3 is 0 Å². The monoisotopic (exact) mass is 355 g/mol. The molecule has 1 aliphatic rings. The predicted molar refractivity (Wildman–Crippen MR) is 98.8 cm³/mol. The van der Waals surface area contributed by atoms with Gasteiger partial charge in [-0.15, -0.1) is 0 Å².